The molecule has 0 radical (unpaired) electrons. The van der Waals surface area contributed by atoms with Crippen LogP contribution in [-0.4, -0.2) is 49.3 Å². The Morgan fingerprint density at radius 2 is 1.93 bits per heavy atom. The van der Waals surface area contributed by atoms with Crippen molar-refractivity contribution >= 4 is 11.4 Å². The fourth-order valence-corrected chi connectivity index (χ4v) is 5.64. The van der Waals surface area contributed by atoms with E-state index in [-0.39, 0.29) is 29.8 Å². The first kappa shape index (κ1) is 18.2. The predicted octanol–water partition coefficient (Wildman–Crippen LogP) is 3.63. The van der Waals surface area contributed by atoms with E-state index < -0.39 is 0 Å². The number of methoxy groups -OCH3 is 1. The van der Waals surface area contributed by atoms with Gasteiger partial charge in [-0.05, 0) is 31.7 Å². The Kier molecular flexibility index (Phi) is 4.89. The number of carbonyl (C=O) groups excluding carboxylic acids is 1. The minimum atomic E-state index is -0.0849. The van der Waals surface area contributed by atoms with Crippen LogP contribution in [-0.2, 0) is 14.3 Å². The number of hydrogen-bond donors (Lipinski definition) is 0. The van der Waals surface area contributed by atoms with Crippen LogP contribution in [0.5, 0.6) is 5.75 Å². The van der Waals surface area contributed by atoms with Gasteiger partial charge in [0, 0.05) is 24.1 Å². The largest absolute Gasteiger partial charge is 0.496 e. The average Bonchev–Trinajstić information content (AvgIpc) is 3.28. The van der Waals surface area contributed by atoms with Gasteiger partial charge in [0.1, 0.15) is 11.9 Å². The third-order valence-corrected chi connectivity index (χ3v) is 7.14. The van der Waals surface area contributed by atoms with Gasteiger partial charge in [-0.1, -0.05) is 31.0 Å². The maximum atomic E-state index is 13.4. The second-order valence-electron chi connectivity index (χ2n) is 8.59. The van der Waals surface area contributed by atoms with E-state index in [0.717, 1.165) is 31.7 Å². The minimum absolute atomic E-state index is 0.0751. The van der Waals surface area contributed by atoms with Crippen molar-refractivity contribution in [2.75, 3.05) is 20.4 Å². The van der Waals surface area contributed by atoms with Gasteiger partial charge in [-0.25, -0.2) is 0 Å². The summed E-state index contributed by atoms with van der Waals surface area (Å²) in [5, 5.41) is 0. The van der Waals surface area contributed by atoms with Gasteiger partial charge in [-0.3, -0.25) is 9.69 Å². The quantitative estimate of drug-likeness (QED) is 0.798. The Hall–Kier alpha value is -1.85. The molecule has 1 aromatic rings. The summed E-state index contributed by atoms with van der Waals surface area (Å²) in [6, 6.07) is 8.32. The summed E-state index contributed by atoms with van der Waals surface area (Å²) in [7, 11) is 1.64. The predicted molar refractivity (Wildman–Crippen MR) is 106 cm³/mol. The van der Waals surface area contributed by atoms with E-state index in [0.29, 0.717) is 17.4 Å². The van der Waals surface area contributed by atoms with Crippen molar-refractivity contribution in [2.45, 2.75) is 56.8 Å². The number of para-hydroxylation sites is 1. The molecule has 0 aromatic heterocycles. The van der Waals surface area contributed by atoms with E-state index in [4.69, 9.17) is 14.2 Å². The van der Waals surface area contributed by atoms with Gasteiger partial charge in [0.25, 0.3) is 0 Å². The van der Waals surface area contributed by atoms with Gasteiger partial charge in [0.05, 0.1) is 37.7 Å². The van der Waals surface area contributed by atoms with E-state index in [9.17, 15) is 4.79 Å². The minimum Gasteiger partial charge on any atom is -0.496 e. The highest BCUT2D eigenvalue weighted by Crippen LogP contribution is 2.43. The Morgan fingerprint density at radius 1 is 1.11 bits per heavy atom. The molecule has 3 fully saturated rings. The van der Waals surface area contributed by atoms with Gasteiger partial charge < -0.3 is 14.2 Å². The van der Waals surface area contributed by atoms with Gasteiger partial charge in [0.2, 0.25) is 0 Å². The molecule has 4 unspecified atom stereocenters. The van der Waals surface area contributed by atoms with Crippen LogP contribution in [0.25, 0.3) is 5.57 Å². The van der Waals surface area contributed by atoms with Gasteiger partial charge in [0.15, 0.2) is 5.78 Å². The molecule has 0 spiro atoms. The average molecular weight is 383 g/mol. The number of fused-ring (bicyclic) bond motifs is 3. The summed E-state index contributed by atoms with van der Waals surface area (Å²) in [6.07, 6.45) is 8.78. The molecule has 28 heavy (non-hydrogen) atoms. The van der Waals surface area contributed by atoms with Crippen LogP contribution in [0.3, 0.4) is 0 Å². The first-order chi connectivity index (χ1) is 13.8. The van der Waals surface area contributed by atoms with Crippen molar-refractivity contribution in [3.8, 4) is 5.75 Å². The third kappa shape index (κ3) is 3.05. The second kappa shape index (κ2) is 7.53. The van der Waals surface area contributed by atoms with Gasteiger partial charge in [-0.15, -0.1) is 0 Å². The lowest BCUT2D eigenvalue weighted by molar-refractivity contribution is -0.176. The zero-order chi connectivity index (χ0) is 19.1. The summed E-state index contributed by atoms with van der Waals surface area (Å²) in [5.41, 5.74) is 1.46. The van der Waals surface area contributed by atoms with Crippen LogP contribution in [0.4, 0.5) is 0 Å². The zero-order valence-corrected chi connectivity index (χ0v) is 16.5. The number of Topliss-reactive ketones (excluding diaryl/α,β-unsaturated/α-hetero) is 1. The molecule has 4 atom stereocenters. The maximum Gasteiger partial charge on any atom is 0.173 e. The van der Waals surface area contributed by atoms with Crippen molar-refractivity contribution in [1.82, 2.24) is 4.90 Å². The van der Waals surface area contributed by atoms with E-state index in [1.807, 2.05) is 24.3 Å². The first-order valence-corrected chi connectivity index (χ1v) is 10.6. The first-order valence-electron chi connectivity index (χ1n) is 10.6. The Balaban J connectivity index is 1.39. The Morgan fingerprint density at radius 3 is 2.75 bits per heavy atom. The lowest BCUT2D eigenvalue weighted by Gasteiger charge is -2.49. The number of ketones is 1. The molecule has 5 heteroatoms. The number of hydrogen-bond acceptors (Lipinski definition) is 5. The summed E-state index contributed by atoms with van der Waals surface area (Å²) >= 11 is 0. The Labute approximate surface area is 166 Å². The molecule has 4 aliphatic rings. The molecule has 5 nitrogen and oxygen atoms in total. The molecular weight excluding hydrogens is 354 g/mol. The highest BCUT2D eigenvalue weighted by atomic mass is 16.5. The fraction of sp³-hybridized carbons (Fsp3) is 0.609. The van der Waals surface area contributed by atoms with Crippen molar-refractivity contribution in [3.05, 3.63) is 36.1 Å². The lowest BCUT2D eigenvalue weighted by atomic mass is 9.71. The monoisotopic (exact) mass is 383 g/mol. The maximum absolute atomic E-state index is 13.4. The molecule has 1 saturated heterocycles. The van der Waals surface area contributed by atoms with Crippen molar-refractivity contribution in [2.24, 2.45) is 11.8 Å². The lowest BCUT2D eigenvalue weighted by Crippen LogP contribution is -2.57. The number of nitrogens with zero attached hydrogens (tertiary/aromatic N) is 1. The second-order valence-corrected chi connectivity index (χ2v) is 8.59. The summed E-state index contributed by atoms with van der Waals surface area (Å²) in [5.74, 6) is 1.09. The highest BCUT2D eigenvalue weighted by Gasteiger charge is 2.49. The smallest absolute Gasteiger partial charge is 0.173 e. The van der Waals surface area contributed by atoms with E-state index in [2.05, 4.69) is 4.90 Å². The number of benzene rings is 1. The normalized spacial score (nSPS) is 33.6. The topological polar surface area (TPSA) is 48.0 Å². The van der Waals surface area contributed by atoms with Crippen LogP contribution >= 0.6 is 0 Å². The fourth-order valence-electron chi connectivity index (χ4n) is 5.64. The molecule has 0 bridgehead atoms. The van der Waals surface area contributed by atoms with Crippen LogP contribution in [0.2, 0.25) is 0 Å². The van der Waals surface area contributed by atoms with E-state index >= 15 is 0 Å². The SMILES string of the molecule is COc1ccccc1C1=COC2C(CCC3OCN(C4CCCC4)CC32)C1=O. The van der Waals surface area contributed by atoms with Crippen molar-refractivity contribution in [3.63, 3.8) is 0 Å². The van der Waals surface area contributed by atoms with E-state index in [1.54, 1.807) is 13.4 Å². The molecule has 2 heterocycles. The van der Waals surface area contributed by atoms with Crippen LogP contribution in [0, 0.1) is 11.8 Å². The summed E-state index contributed by atoms with van der Waals surface area (Å²) in [6.45, 7) is 1.72. The Bertz CT molecular complexity index is 770. The standard InChI is InChI=1S/C23H29NO4/c1-26-20-9-5-4-8-16(20)19-13-27-23-17(22(19)25)10-11-21-18(23)12-24(14-28-21)15-6-2-3-7-15/h4-5,8-9,13,15,17-18,21,23H,2-3,6-7,10-12,14H2,1H3. The molecular formula is C23H29NO4. The molecule has 2 aliphatic heterocycles. The van der Waals surface area contributed by atoms with Crippen LogP contribution < -0.4 is 4.74 Å². The number of carbonyl (C=O) groups is 1. The molecule has 0 N–H and O–H groups in total. The van der Waals surface area contributed by atoms with Gasteiger partial charge >= 0.3 is 0 Å². The number of ether oxygens (including phenoxy) is 3. The molecule has 1 aromatic carbocycles. The van der Waals surface area contributed by atoms with Crippen molar-refractivity contribution < 1.29 is 19.0 Å². The van der Waals surface area contributed by atoms with E-state index in [1.165, 1.54) is 25.7 Å². The summed E-state index contributed by atoms with van der Waals surface area (Å²) in [4.78, 5) is 15.9. The van der Waals surface area contributed by atoms with Crippen LogP contribution in [0.15, 0.2) is 30.5 Å². The van der Waals surface area contributed by atoms with Gasteiger partial charge in [-0.2, -0.15) is 0 Å². The highest BCUT2D eigenvalue weighted by molar-refractivity contribution is 6.22. The molecule has 0 amide bonds. The molecule has 5 rings (SSSR count). The molecule has 2 saturated carbocycles. The summed E-state index contributed by atoms with van der Waals surface area (Å²) < 4.78 is 18.0. The molecule has 2 aliphatic carbocycles. The van der Waals surface area contributed by atoms with Crippen LogP contribution in [0.1, 0.15) is 44.1 Å². The molecule has 150 valence electrons. The third-order valence-electron chi connectivity index (χ3n) is 7.14. The zero-order valence-electron chi connectivity index (χ0n) is 16.5. The van der Waals surface area contributed by atoms with Crippen molar-refractivity contribution in [1.29, 1.82) is 0 Å². The number of allylic oxidation sites excluding steroid dienone is 1. The number of rotatable bonds is 3.